The Balaban J connectivity index is 1.42. The van der Waals surface area contributed by atoms with Crippen molar-refractivity contribution in [1.82, 2.24) is 9.97 Å². The van der Waals surface area contributed by atoms with Crippen molar-refractivity contribution in [2.75, 3.05) is 36.9 Å². The van der Waals surface area contributed by atoms with Crippen molar-refractivity contribution in [3.63, 3.8) is 0 Å². The van der Waals surface area contributed by atoms with Gasteiger partial charge >= 0.3 is 0 Å². The number of nitrogens with zero attached hydrogens (tertiary/aromatic N) is 3. The zero-order valence-electron chi connectivity index (χ0n) is 17.0. The van der Waals surface area contributed by atoms with Gasteiger partial charge < -0.3 is 15.4 Å². The van der Waals surface area contributed by atoms with Crippen LogP contribution < -0.4 is 10.6 Å². The van der Waals surface area contributed by atoms with E-state index in [1.54, 1.807) is 11.3 Å². The molecule has 1 aliphatic rings. The van der Waals surface area contributed by atoms with Gasteiger partial charge in [-0.25, -0.2) is 9.97 Å². The van der Waals surface area contributed by atoms with Gasteiger partial charge in [0.1, 0.15) is 5.82 Å². The number of fused-ring (bicyclic) bond motifs is 1. The Hall–Kier alpha value is -2.96. The molecule has 4 aromatic rings. The van der Waals surface area contributed by atoms with E-state index >= 15 is 0 Å². The van der Waals surface area contributed by atoms with Gasteiger partial charge in [-0.1, -0.05) is 18.2 Å². The van der Waals surface area contributed by atoms with Crippen molar-refractivity contribution in [2.45, 2.75) is 13.3 Å². The maximum atomic E-state index is 6.04. The molecule has 6 heteroatoms. The molecule has 0 bridgehead atoms. The molecule has 152 valence electrons. The minimum atomic E-state index is 0.713. The molecule has 0 aliphatic carbocycles. The first-order valence-corrected chi connectivity index (χ1v) is 11.1. The van der Waals surface area contributed by atoms with E-state index in [1.807, 2.05) is 18.3 Å². The number of morpholine rings is 1. The number of thiophene rings is 1. The summed E-state index contributed by atoms with van der Waals surface area (Å²) in [7, 11) is 0. The molecule has 0 atom stereocenters. The first-order valence-electron chi connectivity index (χ1n) is 10.2. The zero-order valence-corrected chi connectivity index (χ0v) is 17.8. The summed E-state index contributed by atoms with van der Waals surface area (Å²) in [6.45, 7) is 5.60. The molecule has 0 spiro atoms. The second kappa shape index (κ2) is 8.05. The predicted molar refractivity (Wildman–Crippen MR) is 124 cm³/mol. The van der Waals surface area contributed by atoms with Crippen LogP contribution in [0.2, 0.25) is 0 Å². The number of nitrogens with two attached hydrogens (primary N) is 1. The van der Waals surface area contributed by atoms with Crippen LogP contribution >= 0.6 is 11.3 Å². The molecular formula is C24H24N4OS. The zero-order chi connectivity index (χ0) is 20.5. The lowest BCUT2D eigenvalue weighted by Gasteiger charge is -2.28. The number of ether oxygens (including phenoxy) is 1. The summed E-state index contributed by atoms with van der Waals surface area (Å²) in [6, 6.07) is 14.8. The molecule has 0 amide bonds. The predicted octanol–water partition coefficient (Wildman–Crippen LogP) is 4.68. The normalized spacial score (nSPS) is 14.4. The maximum Gasteiger partial charge on any atom is 0.133 e. The minimum absolute atomic E-state index is 0.713. The van der Waals surface area contributed by atoms with Crippen LogP contribution in [-0.2, 0) is 11.2 Å². The third-order valence-electron chi connectivity index (χ3n) is 5.59. The fraction of sp³-hybridized carbons (Fsp3) is 0.250. The molecule has 2 N–H and O–H groups in total. The molecule has 1 fully saturated rings. The number of aryl methyl sites for hydroxylation is 1. The number of rotatable bonds is 4. The van der Waals surface area contributed by atoms with Crippen LogP contribution in [0.15, 0.2) is 54.0 Å². The Labute approximate surface area is 180 Å². The van der Waals surface area contributed by atoms with E-state index < -0.39 is 0 Å². The Morgan fingerprint density at radius 2 is 1.87 bits per heavy atom. The highest BCUT2D eigenvalue weighted by atomic mass is 32.1. The number of anilines is 2. The Bertz CT molecular complexity index is 1180. The average molecular weight is 417 g/mol. The van der Waals surface area contributed by atoms with Crippen LogP contribution in [-0.4, -0.2) is 36.3 Å². The third-order valence-corrected chi connectivity index (χ3v) is 6.50. The van der Waals surface area contributed by atoms with E-state index in [2.05, 4.69) is 52.5 Å². The molecule has 5 rings (SSSR count). The van der Waals surface area contributed by atoms with Gasteiger partial charge in [-0.3, -0.25) is 0 Å². The van der Waals surface area contributed by atoms with E-state index in [4.69, 9.17) is 15.5 Å². The van der Waals surface area contributed by atoms with E-state index in [0.717, 1.165) is 59.2 Å². The van der Waals surface area contributed by atoms with Gasteiger partial charge in [0, 0.05) is 48.0 Å². The summed E-state index contributed by atoms with van der Waals surface area (Å²) in [6.07, 6.45) is 2.65. The summed E-state index contributed by atoms with van der Waals surface area (Å²) in [5, 5.41) is 2.15. The van der Waals surface area contributed by atoms with Gasteiger partial charge in [0.15, 0.2) is 0 Å². The van der Waals surface area contributed by atoms with E-state index in [9.17, 15) is 0 Å². The van der Waals surface area contributed by atoms with Gasteiger partial charge in [-0.15, -0.1) is 11.3 Å². The van der Waals surface area contributed by atoms with Crippen LogP contribution in [0.4, 0.5) is 11.4 Å². The summed E-state index contributed by atoms with van der Waals surface area (Å²) in [5.41, 5.74) is 13.7. The van der Waals surface area contributed by atoms with Crippen LogP contribution in [0, 0.1) is 6.92 Å². The molecule has 3 heterocycles. The topological polar surface area (TPSA) is 64.3 Å². The monoisotopic (exact) mass is 416 g/mol. The van der Waals surface area contributed by atoms with Crippen LogP contribution in [0.25, 0.3) is 21.3 Å². The standard InChI is InChI=1S/C24H24N4OS/c1-16-2-5-18(25)13-20(16)21-15-30-22-14-26-23(27-24(21)22)12-17-3-6-19(7-4-17)28-8-10-29-11-9-28/h2-7,13-15H,8-12,25H2,1H3. The van der Waals surface area contributed by atoms with Crippen molar-refractivity contribution < 1.29 is 4.74 Å². The lowest BCUT2D eigenvalue weighted by Crippen LogP contribution is -2.36. The first-order chi connectivity index (χ1) is 14.7. The van der Waals surface area contributed by atoms with Crippen molar-refractivity contribution in [3.05, 3.63) is 71.0 Å². The summed E-state index contributed by atoms with van der Waals surface area (Å²) in [4.78, 5) is 11.9. The summed E-state index contributed by atoms with van der Waals surface area (Å²) >= 11 is 1.67. The molecule has 2 aromatic heterocycles. The summed E-state index contributed by atoms with van der Waals surface area (Å²) < 4.78 is 6.54. The third kappa shape index (κ3) is 3.76. The number of nitrogen functional groups attached to an aromatic ring is 1. The first kappa shape index (κ1) is 19.0. The lowest BCUT2D eigenvalue weighted by atomic mass is 10.0. The number of aromatic nitrogens is 2. The van der Waals surface area contributed by atoms with Gasteiger partial charge in [0.05, 0.1) is 23.4 Å². The number of benzene rings is 2. The fourth-order valence-corrected chi connectivity index (χ4v) is 4.76. The van der Waals surface area contributed by atoms with E-state index in [0.29, 0.717) is 6.42 Å². The highest BCUT2D eigenvalue weighted by Crippen LogP contribution is 2.35. The van der Waals surface area contributed by atoms with Crippen molar-refractivity contribution in [3.8, 4) is 11.1 Å². The van der Waals surface area contributed by atoms with Crippen molar-refractivity contribution in [2.24, 2.45) is 0 Å². The molecule has 30 heavy (non-hydrogen) atoms. The van der Waals surface area contributed by atoms with Crippen LogP contribution in [0.5, 0.6) is 0 Å². The maximum absolute atomic E-state index is 6.04. The smallest absolute Gasteiger partial charge is 0.133 e. The SMILES string of the molecule is Cc1ccc(N)cc1-c1csc2cnc(Cc3ccc(N4CCOCC4)cc3)nc12. The molecule has 1 saturated heterocycles. The molecule has 0 unspecified atom stereocenters. The average Bonchev–Trinajstić information content (AvgIpc) is 3.20. The fourth-order valence-electron chi connectivity index (χ4n) is 3.90. The van der Waals surface area contributed by atoms with E-state index in [1.165, 1.54) is 16.8 Å². The van der Waals surface area contributed by atoms with Gasteiger partial charge in [-0.2, -0.15) is 0 Å². The quantitative estimate of drug-likeness (QED) is 0.490. The number of hydrogen-bond acceptors (Lipinski definition) is 6. The molecule has 5 nitrogen and oxygen atoms in total. The van der Waals surface area contributed by atoms with Crippen molar-refractivity contribution in [1.29, 1.82) is 0 Å². The van der Waals surface area contributed by atoms with Crippen molar-refractivity contribution >= 4 is 32.9 Å². The largest absolute Gasteiger partial charge is 0.399 e. The molecular weight excluding hydrogens is 392 g/mol. The second-order valence-corrected chi connectivity index (χ2v) is 8.58. The Morgan fingerprint density at radius 1 is 1.07 bits per heavy atom. The highest BCUT2D eigenvalue weighted by Gasteiger charge is 2.14. The highest BCUT2D eigenvalue weighted by molar-refractivity contribution is 7.17. The van der Waals surface area contributed by atoms with Gasteiger partial charge in [0.2, 0.25) is 0 Å². The van der Waals surface area contributed by atoms with Gasteiger partial charge in [-0.05, 0) is 47.9 Å². The van der Waals surface area contributed by atoms with Crippen LogP contribution in [0.3, 0.4) is 0 Å². The van der Waals surface area contributed by atoms with Gasteiger partial charge in [0.25, 0.3) is 0 Å². The second-order valence-electron chi connectivity index (χ2n) is 7.67. The Morgan fingerprint density at radius 3 is 2.67 bits per heavy atom. The lowest BCUT2D eigenvalue weighted by molar-refractivity contribution is 0.122. The minimum Gasteiger partial charge on any atom is -0.399 e. The Kier molecular flexibility index (Phi) is 5.11. The number of hydrogen-bond donors (Lipinski definition) is 1. The van der Waals surface area contributed by atoms with E-state index in [-0.39, 0.29) is 0 Å². The molecule has 2 aromatic carbocycles. The molecule has 0 radical (unpaired) electrons. The molecule has 0 saturated carbocycles. The summed E-state index contributed by atoms with van der Waals surface area (Å²) in [5.74, 6) is 0.836. The van der Waals surface area contributed by atoms with Crippen LogP contribution in [0.1, 0.15) is 17.0 Å². The molecule has 1 aliphatic heterocycles.